The first-order chi connectivity index (χ1) is 9.24. The summed E-state index contributed by atoms with van der Waals surface area (Å²) < 4.78 is 5.31. The average Bonchev–Trinajstić information content (AvgIpc) is 2.42. The molecule has 0 spiro atoms. The molecule has 1 aliphatic heterocycles. The van der Waals surface area contributed by atoms with Crippen LogP contribution in [0.2, 0.25) is 0 Å². The van der Waals surface area contributed by atoms with Crippen molar-refractivity contribution in [3.8, 4) is 0 Å². The molecule has 1 aromatic rings. The van der Waals surface area contributed by atoms with Crippen molar-refractivity contribution in [1.82, 2.24) is 5.32 Å². The second-order valence-corrected chi connectivity index (χ2v) is 5.55. The monoisotopic (exact) mass is 262 g/mol. The number of anilines is 1. The first-order valence-electron chi connectivity index (χ1n) is 7.22. The van der Waals surface area contributed by atoms with Crippen molar-refractivity contribution in [2.24, 2.45) is 5.92 Å². The lowest BCUT2D eigenvalue weighted by Gasteiger charge is -2.34. The van der Waals surface area contributed by atoms with Crippen LogP contribution in [0.5, 0.6) is 0 Å². The van der Waals surface area contributed by atoms with Gasteiger partial charge >= 0.3 is 0 Å². The molecule has 2 rings (SSSR count). The van der Waals surface area contributed by atoms with Gasteiger partial charge in [0.1, 0.15) is 0 Å². The van der Waals surface area contributed by atoms with E-state index in [1.54, 1.807) is 7.11 Å². The van der Waals surface area contributed by atoms with E-state index in [2.05, 4.69) is 35.3 Å². The Balaban J connectivity index is 2.06. The highest BCUT2D eigenvalue weighted by Crippen LogP contribution is 2.25. The molecule has 3 heteroatoms. The van der Waals surface area contributed by atoms with E-state index in [0.717, 1.165) is 19.7 Å². The fraction of sp³-hybridized carbons (Fsp3) is 0.625. The number of methoxy groups -OCH3 is 1. The highest BCUT2D eigenvalue weighted by Gasteiger charge is 2.20. The molecule has 1 heterocycles. The van der Waals surface area contributed by atoms with Crippen LogP contribution < -0.4 is 10.2 Å². The third kappa shape index (κ3) is 3.71. The standard InChI is InChI=1S/C16H26N2O/c1-13-9-16(7-6-15(13)10-17-2)18-8-4-5-14(11-18)12-19-3/h6-7,9,14,17H,4-5,8,10-12H2,1-3H3. The summed E-state index contributed by atoms with van der Waals surface area (Å²) in [7, 11) is 3.79. The van der Waals surface area contributed by atoms with Gasteiger partial charge in [-0.05, 0) is 56.0 Å². The highest BCUT2D eigenvalue weighted by molar-refractivity contribution is 5.51. The molecule has 0 aromatic heterocycles. The Hall–Kier alpha value is -1.06. The van der Waals surface area contributed by atoms with Crippen molar-refractivity contribution in [1.29, 1.82) is 0 Å². The molecule has 0 radical (unpaired) electrons. The van der Waals surface area contributed by atoms with Crippen LogP contribution in [0.4, 0.5) is 5.69 Å². The Labute approximate surface area is 116 Å². The molecular formula is C16H26N2O. The minimum absolute atomic E-state index is 0.677. The summed E-state index contributed by atoms with van der Waals surface area (Å²) in [6, 6.07) is 6.83. The Kier molecular flexibility index (Phi) is 5.23. The first kappa shape index (κ1) is 14.4. The van der Waals surface area contributed by atoms with E-state index in [-0.39, 0.29) is 0 Å². The molecule has 0 amide bonds. The zero-order valence-corrected chi connectivity index (χ0v) is 12.4. The molecule has 3 nitrogen and oxygen atoms in total. The van der Waals surface area contributed by atoms with Crippen LogP contribution in [0.1, 0.15) is 24.0 Å². The zero-order chi connectivity index (χ0) is 13.7. The molecule has 0 aliphatic carbocycles. The smallest absolute Gasteiger partial charge is 0.0507 e. The van der Waals surface area contributed by atoms with Gasteiger partial charge < -0.3 is 15.0 Å². The number of ether oxygens (including phenoxy) is 1. The summed E-state index contributed by atoms with van der Waals surface area (Å²) in [5.41, 5.74) is 4.12. The lowest BCUT2D eigenvalue weighted by atomic mass is 9.97. The number of nitrogens with zero attached hydrogens (tertiary/aromatic N) is 1. The maximum atomic E-state index is 5.31. The van der Waals surface area contributed by atoms with Crippen LogP contribution >= 0.6 is 0 Å². The number of hydrogen-bond acceptors (Lipinski definition) is 3. The van der Waals surface area contributed by atoms with Crippen LogP contribution in [0, 0.1) is 12.8 Å². The van der Waals surface area contributed by atoms with Crippen LogP contribution in [0.3, 0.4) is 0 Å². The summed E-state index contributed by atoms with van der Waals surface area (Å²) in [4.78, 5) is 2.50. The number of benzene rings is 1. The van der Waals surface area contributed by atoms with E-state index in [0.29, 0.717) is 5.92 Å². The topological polar surface area (TPSA) is 24.5 Å². The van der Waals surface area contributed by atoms with Crippen molar-refractivity contribution >= 4 is 5.69 Å². The van der Waals surface area contributed by atoms with E-state index in [1.165, 1.54) is 36.2 Å². The summed E-state index contributed by atoms with van der Waals surface area (Å²) in [5.74, 6) is 0.677. The maximum Gasteiger partial charge on any atom is 0.0507 e. The maximum absolute atomic E-state index is 5.31. The predicted octanol–water partition coefficient (Wildman–Crippen LogP) is 2.58. The molecule has 106 valence electrons. The summed E-state index contributed by atoms with van der Waals surface area (Å²) in [6.45, 7) is 6.32. The van der Waals surface area contributed by atoms with Crippen LogP contribution in [-0.2, 0) is 11.3 Å². The Morgan fingerprint density at radius 1 is 1.42 bits per heavy atom. The molecular weight excluding hydrogens is 236 g/mol. The van der Waals surface area contributed by atoms with Gasteiger partial charge in [0, 0.05) is 32.4 Å². The first-order valence-corrected chi connectivity index (χ1v) is 7.22. The van der Waals surface area contributed by atoms with E-state index >= 15 is 0 Å². The van der Waals surface area contributed by atoms with E-state index < -0.39 is 0 Å². The molecule has 1 unspecified atom stereocenters. The van der Waals surface area contributed by atoms with Gasteiger partial charge in [-0.15, -0.1) is 0 Å². The van der Waals surface area contributed by atoms with Gasteiger partial charge in [-0.25, -0.2) is 0 Å². The number of hydrogen-bond donors (Lipinski definition) is 1. The number of piperidine rings is 1. The van der Waals surface area contributed by atoms with Gasteiger partial charge in [0.2, 0.25) is 0 Å². The Morgan fingerprint density at radius 2 is 2.26 bits per heavy atom. The fourth-order valence-corrected chi connectivity index (χ4v) is 2.94. The van der Waals surface area contributed by atoms with E-state index in [4.69, 9.17) is 4.74 Å². The molecule has 1 atom stereocenters. The summed E-state index contributed by atoms with van der Waals surface area (Å²) in [5, 5.41) is 3.22. The van der Waals surface area contributed by atoms with Crippen molar-refractivity contribution in [2.75, 3.05) is 38.8 Å². The summed E-state index contributed by atoms with van der Waals surface area (Å²) in [6.07, 6.45) is 2.56. The minimum Gasteiger partial charge on any atom is -0.384 e. The largest absolute Gasteiger partial charge is 0.384 e. The van der Waals surface area contributed by atoms with Crippen LogP contribution in [-0.4, -0.2) is 33.9 Å². The Bertz CT molecular complexity index is 404. The molecule has 1 aliphatic rings. The summed E-state index contributed by atoms with van der Waals surface area (Å²) >= 11 is 0. The molecule has 1 N–H and O–H groups in total. The van der Waals surface area contributed by atoms with E-state index in [9.17, 15) is 0 Å². The molecule has 19 heavy (non-hydrogen) atoms. The van der Waals surface area contributed by atoms with Gasteiger partial charge in [-0.2, -0.15) is 0 Å². The van der Waals surface area contributed by atoms with Crippen LogP contribution in [0.15, 0.2) is 18.2 Å². The zero-order valence-electron chi connectivity index (χ0n) is 12.4. The van der Waals surface area contributed by atoms with Gasteiger partial charge in [0.25, 0.3) is 0 Å². The quantitative estimate of drug-likeness (QED) is 0.882. The lowest BCUT2D eigenvalue weighted by molar-refractivity contribution is 0.143. The highest BCUT2D eigenvalue weighted by atomic mass is 16.5. The van der Waals surface area contributed by atoms with Crippen molar-refractivity contribution < 1.29 is 4.74 Å². The SMILES string of the molecule is CNCc1ccc(N2CCCC(COC)C2)cc1C. The third-order valence-corrected chi connectivity index (χ3v) is 3.98. The minimum atomic E-state index is 0.677. The fourth-order valence-electron chi connectivity index (χ4n) is 2.94. The Morgan fingerprint density at radius 3 is 2.95 bits per heavy atom. The normalized spacial score (nSPS) is 19.7. The van der Waals surface area contributed by atoms with Gasteiger partial charge in [0.15, 0.2) is 0 Å². The second-order valence-electron chi connectivity index (χ2n) is 5.55. The average molecular weight is 262 g/mol. The van der Waals surface area contributed by atoms with Gasteiger partial charge in [0.05, 0.1) is 6.61 Å². The van der Waals surface area contributed by atoms with Crippen molar-refractivity contribution in [3.05, 3.63) is 29.3 Å². The van der Waals surface area contributed by atoms with Crippen molar-refractivity contribution in [2.45, 2.75) is 26.3 Å². The van der Waals surface area contributed by atoms with Gasteiger partial charge in [-0.1, -0.05) is 6.07 Å². The third-order valence-electron chi connectivity index (χ3n) is 3.98. The van der Waals surface area contributed by atoms with Crippen molar-refractivity contribution in [3.63, 3.8) is 0 Å². The molecule has 0 saturated carbocycles. The number of aryl methyl sites for hydroxylation is 1. The molecule has 1 fully saturated rings. The lowest BCUT2D eigenvalue weighted by Crippen LogP contribution is -2.37. The predicted molar refractivity (Wildman–Crippen MR) is 80.8 cm³/mol. The van der Waals surface area contributed by atoms with Crippen LogP contribution in [0.25, 0.3) is 0 Å². The molecule has 1 aromatic carbocycles. The van der Waals surface area contributed by atoms with Gasteiger partial charge in [-0.3, -0.25) is 0 Å². The molecule has 1 saturated heterocycles. The number of nitrogens with one attached hydrogen (secondary N) is 1. The van der Waals surface area contributed by atoms with E-state index in [1.807, 2.05) is 7.05 Å². The second kappa shape index (κ2) is 6.92. The number of rotatable bonds is 5. The molecule has 0 bridgehead atoms.